The molecule has 0 spiro atoms. The number of hydrogen-bond donors (Lipinski definition) is 1. The minimum absolute atomic E-state index is 0.737. The second-order valence-corrected chi connectivity index (χ2v) is 6.88. The Morgan fingerprint density at radius 1 is 1.37 bits per heavy atom. The molecule has 0 bridgehead atoms. The Morgan fingerprint density at radius 3 is 2.84 bits per heavy atom. The zero-order valence-electron chi connectivity index (χ0n) is 11.3. The number of nitrogens with zero attached hydrogens (tertiary/aromatic N) is 3. The van der Waals surface area contributed by atoms with Crippen LogP contribution in [0.2, 0.25) is 0 Å². The fourth-order valence-electron chi connectivity index (χ4n) is 2.10. The molecule has 0 aliphatic carbocycles. The number of nitrogens with two attached hydrogens (primary N) is 1. The summed E-state index contributed by atoms with van der Waals surface area (Å²) < 4.78 is 1.14. The van der Waals surface area contributed by atoms with Gasteiger partial charge in [0.05, 0.1) is 0 Å². The minimum atomic E-state index is 0.737. The number of aliphatic imine (C=N–C) groups is 1. The van der Waals surface area contributed by atoms with Crippen molar-refractivity contribution in [3.8, 4) is 0 Å². The Balaban J connectivity index is 1.63. The van der Waals surface area contributed by atoms with Crippen LogP contribution in [0, 0.1) is 0 Å². The molecule has 2 rings (SSSR count). The SMILES string of the molecule is NC(=NCCCSc1nccs1)N1CCCCCC1. The third-order valence-electron chi connectivity index (χ3n) is 3.14. The first-order valence-corrected chi connectivity index (χ1v) is 8.80. The molecule has 0 unspecified atom stereocenters. The van der Waals surface area contributed by atoms with E-state index in [-0.39, 0.29) is 0 Å². The molecule has 1 aromatic rings. The van der Waals surface area contributed by atoms with Gasteiger partial charge in [-0.2, -0.15) is 0 Å². The molecule has 1 fully saturated rings. The Morgan fingerprint density at radius 2 is 2.16 bits per heavy atom. The largest absolute Gasteiger partial charge is 0.370 e. The van der Waals surface area contributed by atoms with E-state index in [2.05, 4.69) is 14.9 Å². The summed E-state index contributed by atoms with van der Waals surface area (Å²) in [4.78, 5) is 11.0. The van der Waals surface area contributed by atoms with Gasteiger partial charge in [-0.1, -0.05) is 24.6 Å². The molecule has 2 heterocycles. The lowest BCUT2D eigenvalue weighted by Gasteiger charge is -2.21. The lowest BCUT2D eigenvalue weighted by molar-refractivity contribution is 0.428. The number of likely N-dealkylation sites (tertiary alicyclic amines) is 1. The van der Waals surface area contributed by atoms with E-state index in [1.165, 1.54) is 25.7 Å². The maximum atomic E-state index is 6.05. The molecule has 0 aromatic carbocycles. The van der Waals surface area contributed by atoms with Crippen LogP contribution in [0.1, 0.15) is 32.1 Å². The van der Waals surface area contributed by atoms with Crippen molar-refractivity contribution >= 4 is 29.1 Å². The van der Waals surface area contributed by atoms with E-state index < -0.39 is 0 Å². The smallest absolute Gasteiger partial charge is 0.191 e. The number of hydrogen-bond acceptors (Lipinski definition) is 4. The number of aromatic nitrogens is 1. The van der Waals surface area contributed by atoms with Gasteiger partial charge in [0.15, 0.2) is 5.96 Å². The zero-order chi connectivity index (χ0) is 13.3. The molecule has 19 heavy (non-hydrogen) atoms. The van der Waals surface area contributed by atoms with Crippen molar-refractivity contribution in [2.75, 3.05) is 25.4 Å². The highest BCUT2D eigenvalue weighted by Gasteiger charge is 2.10. The summed E-state index contributed by atoms with van der Waals surface area (Å²) in [6.45, 7) is 2.97. The van der Waals surface area contributed by atoms with Crippen molar-refractivity contribution in [2.24, 2.45) is 10.7 Å². The standard InChI is InChI=1S/C13H22N4S2/c14-12(17-8-3-1-2-4-9-17)15-6-5-10-18-13-16-7-11-19-13/h7,11H,1-6,8-10H2,(H2,14,15). The third-order valence-corrected chi connectivity index (χ3v) is 5.19. The van der Waals surface area contributed by atoms with Gasteiger partial charge >= 0.3 is 0 Å². The second kappa shape index (κ2) is 8.43. The van der Waals surface area contributed by atoms with Gasteiger partial charge in [0.1, 0.15) is 4.34 Å². The van der Waals surface area contributed by atoms with Gasteiger partial charge in [-0.3, -0.25) is 4.99 Å². The number of guanidine groups is 1. The first-order valence-electron chi connectivity index (χ1n) is 6.93. The highest BCUT2D eigenvalue weighted by atomic mass is 32.2. The lowest BCUT2D eigenvalue weighted by Crippen LogP contribution is -2.38. The summed E-state index contributed by atoms with van der Waals surface area (Å²) in [6.07, 6.45) is 8.05. The van der Waals surface area contributed by atoms with E-state index in [1.807, 2.05) is 11.6 Å². The summed E-state index contributed by atoms with van der Waals surface area (Å²) in [7, 11) is 0. The molecular weight excluding hydrogens is 276 g/mol. The number of thiazole rings is 1. The Hall–Kier alpha value is -0.750. The van der Waals surface area contributed by atoms with Crippen molar-refractivity contribution in [1.82, 2.24) is 9.88 Å². The van der Waals surface area contributed by atoms with Crippen molar-refractivity contribution in [3.63, 3.8) is 0 Å². The molecule has 1 aliphatic heterocycles. The molecule has 6 heteroatoms. The number of thioether (sulfide) groups is 1. The van der Waals surface area contributed by atoms with Crippen LogP contribution in [0.5, 0.6) is 0 Å². The average molecular weight is 298 g/mol. The Kier molecular flexibility index (Phi) is 6.50. The van der Waals surface area contributed by atoms with Crippen LogP contribution in [0.25, 0.3) is 0 Å². The molecule has 106 valence electrons. The Bertz CT molecular complexity index is 370. The maximum Gasteiger partial charge on any atom is 0.191 e. The molecule has 1 aliphatic rings. The second-order valence-electron chi connectivity index (χ2n) is 4.64. The van der Waals surface area contributed by atoms with Gasteiger partial charge in [-0.25, -0.2) is 4.98 Å². The van der Waals surface area contributed by atoms with Crippen LogP contribution in [0.15, 0.2) is 20.9 Å². The highest BCUT2D eigenvalue weighted by Crippen LogP contribution is 2.20. The van der Waals surface area contributed by atoms with Gasteiger partial charge < -0.3 is 10.6 Å². The summed E-state index contributed by atoms with van der Waals surface area (Å²) >= 11 is 3.50. The molecule has 0 saturated carbocycles. The zero-order valence-corrected chi connectivity index (χ0v) is 12.9. The van der Waals surface area contributed by atoms with Crippen LogP contribution in [0.4, 0.5) is 0 Å². The summed E-state index contributed by atoms with van der Waals surface area (Å²) in [5.74, 6) is 1.80. The van der Waals surface area contributed by atoms with Gasteiger partial charge in [-0.15, -0.1) is 11.3 Å². The van der Waals surface area contributed by atoms with Gasteiger partial charge in [0.25, 0.3) is 0 Å². The van der Waals surface area contributed by atoms with E-state index in [0.29, 0.717) is 0 Å². The fourth-order valence-corrected chi connectivity index (χ4v) is 3.73. The lowest BCUT2D eigenvalue weighted by atomic mass is 10.2. The van der Waals surface area contributed by atoms with Crippen molar-refractivity contribution in [2.45, 2.75) is 36.4 Å². The summed E-state index contributed by atoms with van der Waals surface area (Å²) in [5.41, 5.74) is 6.05. The quantitative estimate of drug-likeness (QED) is 0.393. The highest BCUT2D eigenvalue weighted by molar-refractivity contribution is 8.00. The van der Waals surface area contributed by atoms with Crippen LogP contribution in [-0.4, -0.2) is 41.2 Å². The maximum absolute atomic E-state index is 6.05. The van der Waals surface area contributed by atoms with Gasteiger partial charge in [0.2, 0.25) is 0 Å². The molecule has 2 N–H and O–H groups in total. The van der Waals surface area contributed by atoms with Crippen LogP contribution in [0.3, 0.4) is 0 Å². The van der Waals surface area contributed by atoms with E-state index in [1.54, 1.807) is 23.1 Å². The molecule has 0 atom stereocenters. The molecule has 1 aromatic heterocycles. The van der Waals surface area contributed by atoms with E-state index in [4.69, 9.17) is 5.73 Å². The van der Waals surface area contributed by atoms with Crippen LogP contribution < -0.4 is 5.73 Å². The molecular formula is C13H22N4S2. The molecule has 0 amide bonds. The average Bonchev–Trinajstić information content (AvgIpc) is 2.78. The van der Waals surface area contributed by atoms with Crippen molar-refractivity contribution in [3.05, 3.63) is 11.6 Å². The monoisotopic (exact) mass is 298 g/mol. The first kappa shape index (κ1) is 14.7. The third kappa shape index (κ3) is 5.40. The van der Waals surface area contributed by atoms with Gasteiger partial charge in [0, 0.05) is 37.0 Å². The fraction of sp³-hybridized carbons (Fsp3) is 0.692. The summed E-state index contributed by atoms with van der Waals surface area (Å²) in [6, 6.07) is 0. The van der Waals surface area contributed by atoms with E-state index >= 15 is 0 Å². The van der Waals surface area contributed by atoms with Crippen LogP contribution in [-0.2, 0) is 0 Å². The van der Waals surface area contributed by atoms with Crippen LogP contribution >= 0.6 is 23.1 Å². The number of rotatable bonds is 5. The molecule has 0 radical (unpaired) electrons. The van der Waals surface area contributed by atoms with Crippen molar-refractivity contribution < 1.29 is 0 Å². The summed E-state index contributed by atoms with van der Waals surface area (Å²) in [5, 5.41) is 2.01. The molecule has 4 nitrogen and oxygen atoms in total. The van der Waals surface area contributed by atoms with E-state index in [9.17, 15) is 0 Å². The van der Waals surface area contributed by atoms with E-state index in [0.717, 1.165) is 42.1 Å². The van der Waals surface area contributed by atoms with Gasteiger partial charge in [-0.05, 0) is 19.3 Å². The molecule has 1 saturated heterocycles. The Labute approximate surface area is 123 Å². The topological polar surface area (TPSA) is 54.5 Å². The minimum Gasteiger partial charge on any atom is -0.370 e. The predicted octanol–water partition coefficient (Wildman–Crippen LogP) is 2.82. The first-order chi connectivity index (χ1) is 9.36. The predicted molar refractivity (Wildman–Crippen MR) is 84.0 cm³/mol. The van der Waals surface area contributed by atoms with Crippen molar-refractivity contribution in [1.29, 1.82) is 0 Å². The normalized spacial score (nSPS) is 17.5.